The fourth-order valence-electron chi connectivity index (χ4n) is 3.47. The van der Waals surface area contributed by atoms with Crippen molar-refractivity contribution in [2.75, 3.05) is 6.54 Å². The van der Waals surface area contributed by atoms with E-state index >= 15 is 0 Å². The monoisotopic (exact) mass is 444 g/mol. The van der Waals surface area contributed by atoms with Gasteiger partial charge in [-0.2, -0.15) is 0 Å². The molecule has 4 aromatic rings. The Morgan fingerprint density at radius 3 is 2.85 bits per heavy atom. The number of thiophene rings is 1. The number of aromatic amines is 1. The Morgan fingerprint density at radius 2 is 2.04 bits per heavy atom. The number of fused-ring (bicyclic) bond motifs is 2. The van der Waals surface area contributed by atoms with Crippen LogP contribution in [-0.4, -0.2) is 17.4 Å². The maximum atomic E-state index is 14.1. The summed E-state index contributed by atoms with van der Waals surface area (Å²) in [5, 5.41) is 4.97. The molecule has 2 aromatic heterocycles. The minimum absolute atomic E-state index is 0.0762. The van der Waals surface area contributed by atoms with E-state index in [2.05, 4.69) is 26.2 Å². The summed E-state index contributed by atoms with van der Waals surface area (Å²) >= 11 is 4.94. The van der Waals surface area contributed by atoms with Crippen LogP contribution in [0.25, 0.3) is 21.0 Å². The minimum atomic E-state index is -0.245. The lowest BCUT2D eigenvalue weighted by Gasteiger charge is -2.06. The van der Waals surface area contributed by atoms with E-state index in [0.29, 0.717) is 23.4 Å². The van der Waals surface area contributed by atoms with Gasteiger partial charge in [0.2, 0.25) is 0 Å². The van der Waals surface area contributed by atoms with Crippen molar-refractivity contribution in [3.63, 3.8) is 0 Å². The number of aromatic nitrogens is 1. The molecular formula is C21H18BrFN2OS. The van der Waals surface area contributed by atoms with Crippen LogP contribution in [0.2, 0.25) is 0 Å². The first-order chi connectivity index (χ1) is 12.9. The SMILES string of the molecule is Cc1[nH]c2c(F)ccc(C)c2c1CCNC(=O)c1cc2cc(Br)ccc2s1. The van der Waals surface area contributed by atoms with Crippen molar-refractivity contribution in [2.45, 2.75) is 20.3 Å². The van der Waals surface area contributed by atoms with E-state index in [4.69, 9.17) is 0 Å². The van der Waals surface area contributed by atoms with Gasteiger partial charge < -0.3 is 10.3 Å². The van der Waals surface area contributed by atoms with Crippen molar-refractivity contribution in [1.29, 1.82) is 0 Å². The molecule has 0 atom stereocenters. The number of benzene rings is 2. The molecule has 0 unspecified atom stereocenters. The smallest absolute Gasteiger partial charge is 0.261 e. The first kappa shape index (κ1) is 18.2. The molecule has 0 bridgehead atoms. The Labute approximate surface area is 168 Å². The Kier molecular flexibility index (Phi) is 4.78. The number of carbonyl (C=O) groups is 1. The number of rotatable bonds is 4. The van der Waals surface area contributed by atoms with Crippen molar-refractivity contribution in [3.05, 3.63) is 68.4 Å². The van der Waals surface area contributed by atoms with Gasteiger partial charge in [-0.15, -0.1) is 11.3 Å². The lowest BCUT2D eigenvalue weighted by atomic mass is 10.0. The fourth-order valence-corrected chi connectivity index (χ4v) is 4.81. The van der Waals surface area contributed by atoms with E-state index in [1.54, 1.807) is 6.07 Å². The average Bonchev–Trinajstić information content (AvgIpc) is 3.20. The topological polar surface area (TPSA) is 44.9 Å². The molecule has 0 spiro atoms. The lowest BCUT2D eigenvalue weighted by molar-refractivity contribution is 0.0958. The molecule has 6 heteroatoms. The highest BCUT2D eigenvalue weighted by molar-refractivity contribution is 9.10. The third-order valence-corrected chi connectivity index (χ3v) is 6.40. The zero-order valence-electron chi connectivity index (χ0n) is 15.0. The largest absolute Gasteiger partial charge is 0.356 e. The van der Waals surface area contributed by atoms with Gasteiger partial charge in [0.25, 0.3) is 5.91 Å². The van der Waals surface area contributed by atoms with E-state index in [1.807, 2.05) is 38.1 Å². The number of aryl methyl sites for hydroxylation is 2. The number of halogens is 2. The molecule has 0 aliphatic rings. The van der Waals surface area contributed by atoms with Crippen molar-refractivity contribution in [3.8, 4) is 0 Å². The molecule has 2 N–H and O–H groups in total. The van der Waals surface area contributed by atoms with E-state index in [1.165, 1.54) is 17.4 Å². The number of nitrogens with one attached hydrogen (secondary N) is 2. The van der Waals surface area contributed by atoms with E-state index in [-0.39, 0.29) is 11.7 Å². The molecule has 0 fully saturated rings. The zero-order chi connectivity index (χ0) is 19.1. The molecule has 0 radical (unpaired) electrons. The van der Waals surface area contributed by atoms with Gasteiger partial charge in [-0.25, -0.2) is 4.39 Å². The average molecular weight is 445 g/mol. The standard InChI is InChI=1S/C21H18BrFN2OS/c1-11-3-5-16(23)20-19(11)15(12(2)25-20)7-8-24-21(26)18-10-13-9-14(22)4-6-17(13)27-18/h3-6,9-10,25H,7-8H2,1-2H3,(H,24,26). The lowest BCUT2D eigenvalue weighted by Crippen LogP contribution is -2.25. The molecule has 0 saturated heterocycles. The Bertz CT molecular complexity index is 1180. The molecule has 2 aromatic carbocycles. The Balaban J connectivity index is 1.51. The Morgan fingerprint density at radius 1 is 1.22 bits per heavy atom. The van der Waals surface area contributed by atoms with Gasteiger partial charge in [0.1, 0.15) is 5.82 Å². The first-order valence-corrected chi connectivity index (χ1v) is 10.3. The highest BCUT2D eigenvalue weighted by Gasteiger charge is 2.15. The van der Waals surface area contributed by atoms with Gasteiger partial charge >= 0.3 is 0 Å². The van der Waals surface area contributed by atoms with E-state index in [0.717, 1.165) is 36.8 Å². The van der Waals surface area contributed by atoms with Gasteiger partial charge in [0.05, 0.1) is 10.4 Å². The number of H-pyrrole nitrogens is 1. The predicted octanol–water partition coefficient (Wildman–Crippen LogP) is 5.87. The highest BCUT2D eigenvalue weighted by Crippen LogP contribution is 2.29. The van der Waals surface area contributed by atoms with Crippen molar-refractivity contribution >= 4 is 54.2 Å². The number of carbonyl (C=O) groups excluding carboxylic acids is 1. The zero-order valence-corrected chi connectivity index (χ0v) is 17.4. The summed E-state index contributed by atoms with van der Waals surface area (Å²) < 4.78 is 16.1. The number of hydrogen-bond acceptors (Lipinski definition) is 2. The normalized spacial score (nSPS) is 11.4. The van der Waals surface area contributed by atoms with Crippen LogP contribution in [0.5, 0.6) is 0 Å². The second kappa shape index (κ2) is 7.09. The van der Waals surface area contributed by atoms with Crippen molar-refractivity contribution in [1.82, 2.24) is 10.3 Å². The first-order valence-electron chi connectivity index (χ1n) is 8.67. The molecular weight excluding hydrogens is 427 g/mol. The predicted molar refractivity (Wildman–Crippen MR) is 113 cm³/mol. The number of hydrogen-bond donors (Lipinski definition) is 2. The fraction of sp³-hybridized carbons (Fsp3) is 0.190. The van der Waals surface area contributed by atoms with Gasteiger partial charge in [-0.1, -0.05) is 22.0 Å². The highest BCUT2D eigenvalue weighted by atomic mass is 79.9. The molecule has 4 rings (SSSR count). The van der Waals surface area contributed by atoms with E-state index < -0.39 is 0 Å². The third-order valence-electron chi connectivity index (χ3n) is 4.79. The van der Waals surface area contributed by atoms with Crippen LogP contribution in [0.15, 0.2) is 40.9 Å². The molecule has 1 amide bonds. The van der Waals surface area contributed by atoms with Crippen LogP contribution in [0.1, 0.15) is 26.5 Å². The molecule has 27 heavy (non-hydrogen) atoms. The van der Waals surface area contributed by atoms with Gasteiger partial charge in [-0.05, 0) is 67.1 Å². The van der Waals surface area contributed by atoms with Gasteiger partial charge in [0, 0.05) is 26.8 Å². The summed E-state index contributed by atoms with van der Waals surface area (Å²) in [6.45, 7) is 4.42. The van der Waals surface area contributed by atoms with E-state index in [9.17, 15) is 9.18 Å². The molecule has 138 valence electrons. The number of amides is 1. The maximum absolute atomic E-state index is 14.1. The second-order valence-electron chi connectivity index (χ2n) is 6.64. The summed E-state index contributed by atoms with van der Waals surface area (Å²) in [5.74, 6) is -0.321. The maximum Gasteiger partial charge on any atom is 0.261 e. The summed E-state index contributed by atoms with van der Waals surface area (Å²) in [7, 11) is 0. The van der Waals surface area contributed by atoms with Crippen LogP contribution >= 0.6 is 27.3 Å². The van der Waals surface area contributed by atoms with Gasteiger partial charge in [0.15, 0.2) is 0 Å². The van der Waals surface area contributed by atoms with Crippen LogP contribution < -0.4 is 5.32 Å². The molecule has 0 aliphatic heterocycles. The van der Waals surface area contributed by atoms with Crippen LogP contribution in [0.3, 0.4) is 0 Å². The van der Waals surface area contributed by atoms with Crippen LogP contribution in [-0.2, 0) is 6.42 Å². The van der Waals surface area contributed by atoms with Crippen molar-refractivity contribution < 1.29 is 9.18 Å². The van der Waals surface area contributed by atoms with Crippen LogP contribution in [0.4, 0.5) is 4.39 Å². The summed E-state index contributed by atoms with van der Waals surface area (Å²) in [6.07, 6.45) is 0.651. The quantitative estimate of drug-likeness (QED) is 0.405. The summed E-state index contributed by atoms with van der Waals surface area (Å²) in [5.41, 5.74) is 3.58. The third kappa shape index (κ3) is 3.39. The molecule has 3 nitrogen and oxygen atoms in total. The summed E-state index contributed by atoms with van der Waals surface area (Å²) in [6, 6.07) is 11.2. The van der Waals surface area contributed by atoms with Crippen molar-refractivity contribution in [2.24, 2.45) is 0 Å². The molecule has 0 saturated carbocycles. The minimum Gasteiger partial charge on any atom is -0.356 e. The molecule has 0 aliphatic carbocycles. The summed E-state index contributed by atoms with van der Waals surface area (Å²) in [4.78, 5) is 16.4. The second-order valence-corrected chi connectivity index (χ2v) is 8.64. The molecule has 2 heterocycles. The van der Waals surface area contributed by atoms with Crippen LogP contribution in [0, 0.1) is 19.7 Å². The van der Waals surface area contributed by atoms with Gasteiger partial charge in [-0.3, -0.25) is 4.79 Å². The Hall–Kier alpha value is -2.18.